The molecule has 2 aromatic rings. The number of halogens is 1. The monoisotopic (exact) mass is 342 g/mol. The number of β-amino-alcohol motifs (C(OH)–C–C–N with tert-alkyl or cyclic N) is 1. The lowest BCUT2D eigenvalue weighted by molar-refractivity contribution is -0.121. The molecule has 2 unspecified atom stereocenters. The number of likely N-dealkylation sites (tertiary alicyclic amines) is 1. The van der Waals surface area contributed by atoms with Crippen molar-refractivity contribution in [2.24, 2.45) is 5.92 Å². The molecule has 0 radical (unpaired) electrons. The zero-order valence-corrected chi connectivity index (χ0v) is 14.1. The Morgan fingerprint density at radius 3 is 2.64 bits per heavy atom. The molecule has 4 nitrogen and oxygen atoms in total. The third kappa shape index (κ3) is 4.87. The van der Waals surface area contributed by atoms with Gasteiger partial charge in [-0.05, 0) is 49.2 Å². The molecule has 0 saturated carbocycles. The van der Waals surface area contributed by atoms with Crippen molar-refractivity contribution in [3.05, 3.63) is 66.0 Å². The van der Waals surface area contributed by atoms with E-state index in [-0.39, 0.29) is 17.6 Å². The van der Waals surface area contributed by atoms with Gasteiger partial charge in [0.05, 0.1) is 12.0 Å². The quantitative estimate of drug-likeness (QED) is 0.877. The van der Waals surface area contributed by atoms with Gasteiger partial charge in [-0.25, -0.2) is 4.39 Å². The molecule has 3 rings (SSSR count). The van der Waals surface area contributed by atoms with Crippen molar-refractivity contribution in [3.8, 4) is 0 Å². The summed E-state index contributed by atoms with van der Waals surface area (Å²) < 4.78 is 13.0. The number of carbonyl (C=O) groups excluding carboxylic acids is 1. The van der Waals surface area contributed by atoms with Gasteiger partial charge in [-0.1, -0.05) is 30.3 Å². The Morgan fingerprint density at radius 1 is 1.20 bits per heavy atom. The molecule has 1 saturated heterocycles. The van der Waals surface area contributed by atoms with Crippen molar-refractivity contribution in [3.63, 3.8) is 0 Å². The number of amides is 1. The highest BCUT2D eigenvalue weighted by Gasteiger charge is 2.27. The van der Waals surface area contributed by atoms with Gasteiger partial charge in [-0.2, -0.15) is 0 Å². The predicted molar refractivity (Wildman–Crippen MR) is 95.6 cm³/mol. The van der Waals surface area contributed by atoms with E-state index < -0.39 is 6.10 Å². The summed E-state index contributed by atoms with van der Waals surface area (Å²) in [6.07, 6.45) is 1.08. The van der Waals surface area contributed by atoms with Crippen LogP contribution in [0.15, 0.2) is 54.6 Å². The minimum Gasteiger partial charge on any atom is -0.387 e. The molecule has 0 bridgehead atoms. The number of para-hydroxylation sites is 1. The highest BCUT2D eigenvalue weighted by atomic mass is 19.1. The number of nitrogens with zero attached hydrogens (tertiary/aromatic N) is 1. The van der Waals surface area contributed by atoms with E-state index in [1.54, 1.807) is 12.1 Å². The smallest absolute Gasteiger partial charge is 0.228 e. The zero-order valence-electron chi connectivity index (χ0n) is 14.1. The molecular weight excluding hydrogens is 319 g/mol. The summed E-state index contributed by atoms with van der Waals surface area (Å²) in [7, 11) is 0. The molecule has 1 amide bonds. The summed E-state index contributed by atoms with van der Waals surface area (Å²) >= 11 is 0. The first-order valence-electron chi connectivity index (χ1n) is 8.63. The van der Waals surface area contributed by atoms with Crippen molar-refractivity contribution in [1.29, 1.82) is 0 Å². The molecule has 5 heteroatoms. The van der Waals surface area contributed by atoms with E-state index in [0.717, 1.165) is 25.1 Å². The second kappa shape index (κ2) is 8.23. The Kier molecular flexibility index (Phi) is 5.79. The van der Waals surface area contributed by atoms with E-state index in [1.165, 1.54) is 12.1 Å². The third-order valence-corrected chi connectivity index (χ3v) is 4.60. The first-order valence-corrected chi connectivity index (χ1v) is 8.63. The highest BCUT2D eigenvalue weighted by Crippen LogP contribution is 2.22. The Bertz CT molecular complexity index is 691. The van der Waals surface area contributed by atoms with E-state index in [9.17, 15) is 14.3 Å². The molecule has 2 aromatic carbocycles. The molecule has 1 aliphatic heterocycles. The molecule has 1 heterocycles. The van der Waals surface area contributed by atoms with Crippen LogP contribution >= 0.6 is 0 Å². The standard InChI is InChI=1S/C20H23FN2O2/c21-17-10-8-15(9-11-17)19(24)14-23-12-4-5-16(13-23)20(25)22-18-6-2-1-3-7-18/h1-3,6-11,16,19,24H,4-5,12-14H2,(H,22,25). The highest BCUT2D eigenvalue weighted by molar-refractivity contribution is 5.92. The molecule has 132 valence electrons. The van der Waals surface area contributed by atoms with Crippen LogP contribution in [0.3, 0.4) is 0 Å². The van der Waals surface area contributed by atoms with Crippen LogP contribution in [-0.2, 0) is 4.79 Å². The Labute approximate surface area is 147 Å². The van der Waals surface area contributed by atoms with Crippen molar-refractivity contribution >= 4 is 11.6 Å². The van der Waals surface area contributed by atoms with E-state index in [2.05, 4.69) is 10.2 Å². The van der Waals surface area contributed by atoms with Gasteiger partial charge in [0.1, 0.15) is 5.82 Å². The summed E-state index contributed by atoms with van der Waals surface area (Å²) in [5, 5.41) is 13.3. The van der Waals surface area contributed by atoms with E-state index in [0.29, 0.717) is 18.7 Å². The lowest BCUT2D eigenvalue weighted by atomic mass is 9.96. The number of aliphatic hydroxyl groups excluding tert-OH is 1. The Balaban J connectivity index is 1.55. The SMILES string of the molecule is O=C(Nc1ccccc1)C1CCCN(CC(O)c2ccc(F)cc2)C1. The average Bonchev–Trinajstić information content (AvgIpc) is 2.63. The number of piperidine rings is 1. The number of rotatable bonds is 5. The maximum absolute atomic E-state index is 13.0. The van der Waals surface area contributed by atoms with Crippen molar-refractivity contribution in [2.75, 3.05) is 25.0 Å². The fraction of sp³-hybridized carbons (Fsp3) is 0.350. The zero-order chi connectivity index (χ0) is 17.6. The number of aliphatic hydroxyl groups is 1. The summed E-state index contributed by atoms with van der Waals surface area (Å²) in [5.74, 6) is -0.381. The normalized spacial score (nSPS) is 19.4. The molecule has 25 heavy (non-hydrogen) atoms. The summed E-state index contributed by atoms with van der Waals surface area (Å²) in [6, 6.07) is 15.3. The van der Waals surface area contributed by atoms with E-state index in [1.807, 2.05) is 30.3 Å². The van der Waals surface area contributed by atoms with Crippen LogP contribution in [-0.4, -0.2) is 35.5 Å². The van der Waals surface area contributed by atoms with Gasteiger partial charge in [-0.15, -0.1) is 0 Å². The Morgan fingerprint density at radius 2 is 1.92 bits per heavy atom. The van der Waals surface area contributed by atoms with Gasteiger partial charge in [0.15, 0.2) is 0 Å². The second-order valence-electron chi connectivity index (χ2n) is 6.52. The number of hydrogen-bond donors (Lipinski definition) is 2. The molecule has 2 atom stereocenters. The van der Waals surface area contributed by atoms with Crippen molar-refractivity contribution < 1.29 is 14.3 Å². The summed E-state index contributed by atoms with van der Waals surface area (Å²) in [4.78, 5) is 14.6. The van der Waals surface area contributed by atoms with Gasteiger partial charge in [0, 0.05) is 18.8 Å². The third-order valence-electron chi connectivity index (χ3n) is 4.60. The van der Waals surface area contributed by atoms with Crippen molar-refractivity contribution in [1.82, 2.24) is 4.90 Å². The van der Waals surface area contributed by atoms with Crippen LogP contribution in [0, 0.1) is 11.7 Å². The maximum atomic E-state index is 13.0. The van der Waals surface area contributed by atoms with Gasteiger partial charge in [0.2, 0.25) is 5.91 Å². The number of nitrogens with one attached hydrogen (secondary N) is 1. The van der Waals surface area contributed by atoms with E-state index >= 15 is 0 Å². The molecule has 0 aromatic heterocycles. The van der Waals surface area contributed by atoms with Crippen LogP contribution in [0.4, 0.5) is 10.1 Å². The van der Waals surface area contributed by atoms with Crippen LogP contribution in [0.1, 0.15) is 24.5 Å². The average molecular weight is 342 g/mol. The lowest BCUT2D eigenvalue weighted by Crippen LogP contribution is -2.42. The predicted octanol–water partition coefficient (Wildman–Crippen LogP) is 3.21. The molecular formula is C20H23FN2O2. The topological polar surface area (TPSA) is 52.6 Å². The number of carbonyl (C=O) groups is 1. The van der Waals surface area contributed by atoms with Gasteiger partial charge >= 0.3 is 0 Å². The number of hydrogen-bond acceptors (Lipinski definition) is 3. The first-order chi connectivity index (χ1) is 12.1. The minimum absolute atomic E-state index is 0.0205. The molecule has 0 aliphatic carbocycles. The maximum Gasteiger partial charge on any atom is 0.228 e. The van der Waals surface area contributed by atoms with Crippen LogP contribution in [0.2, 0.25) is 0 Å². The lowest BCUT2D eigenvalue weighted by Gasteiger charge is -2.33. The van der Waals surface area contributed by atoms with Gasteiger partial charge in [0.25, 0.3) is 0 Å². The van der Waals surface area contributed by atoms with Crippen molar-refractivity contribution in [2.45, 2.75) is 18.9 Å². The molecule has 1 aliphatic rings. The van der Waals surface area contributed by atoms with Crippen LogP contribution < -0.4 is 5.32 Å². The first kappa shape index (κ1) is 17.6. The second-order valence-corrected chi connectivity index (χ2v) is 6.52. The summed E-state index contributed by atoms with van der Waals surface area (Å²) in [5.41, 5.74) is 1.49. The van der Waals surface area contributed by atoms with E-state index in [4.69, 9.17) is 0 Å². The van der Waals surface area contributed by atoms with Gasteiger partial charge in [-0.3, -0.25) is 9.69 Å². The van der Waals surface area contributed by atoms with Crippen LogP contribution in [0.25, 0.3) is 0 Å². The largest absolute Gasteiger partial charge is 0.387 e. The fourth-order valence-corrected chi connectivity index (χ4v) is 3.24. The van der Waals surface area contributed by atoms with Crippen LogP contribution in [0.5, 0.6) is 0 Å². The number of benzene rings is 2. The van der Waals surface area contributed by atoms with Gasteiger partial charge < -0.3 is 10.4 Å². The number of anilines is 1. The minimum atomic E-state index is -0.684. The molecule has 1 fully saturated rings. The summed E-state index contributed by atoms with van der Waals surface area (Å²) in [6.45, 7) is 1.92. The Hall–Kier alpha value is -2.24. The fourth-order valence-electron chi connectivity index (χ4n) is 3.24. The molecule has 2 N–H and O–H groups in total. The molecule has 0 spiro atoms.